The quantitative estimate of drug-likeness (QED) is 0.765. The van der Waals surface area contributed by atoms with Crippen LogP contribution in [0.3, 0.4) is 0 Å². The average molecular weight is 178 g/mol. The van der Waals surface area contributed by atoms with Crippen LogP contribution in [0.15, 0.2) is 18.3 Å². The summed E-state index contributed by atoms with van der Waals surface area (Å²) in [6, 6.07) is 3.57. The number of nitrogens with zero attached hydrogens (tertiary/aromatic N) is 1. The van der Waals surface area contributed by atoms with Crippen LogP contribution in [-0.2, 0) is 0 Å². The second-order valence-corrected chi connectivity index (χ2v) is 3.15. The van der Waals surface area contributed by atoms with Gasteiger partial charge in [0.25, 0.3) is 5.91 Å². The molecule has 13 heavy (non-hydrogen) atoms. The maximum atomic E-state index is 10.7. The topological polar surface area (TPSA) is 56.0 Å². The first-order valence-corrected chi connectivity index (χ1v) is 4.41. The third-order valence-corrected chi connectivity index (χ3v) is 2.22. The van der Waals surface area contributed by atoms with E-state index in [1.165, 1.54) is 0 Å². The van der Waals surface area contributed by atoms with Gasteiger partial charge in [0.1, 0.15) is 5.69 Å². The van der Waals surface area contributed by atoms with Gasteiger partial charge in [0.2, 0.25) is 0 Å². The minimum Gasteiger partial charge on any atom is -0.364 e. The SMILES string of the molecule is CCC(C)c1ccc(C(N)=O)nc1. The van der Waals surface area contributed by atoms with Crippen LogP contribution in [0.5, 0.6) is 0 Å². The fourth-order valence-electron chi connectivity index (χ4n) is 1.08. The van der Waals surface area contributed by atoms with Crippen LogP contribution >= 0.6 is 0 Å². The van der Waals surface area contributed by atoms with Crippen molar-refractivity contribution in [1.29, 1.82) is 0 Å². The zero-order valence-corrected chi connectivity index (χ0v) is 7.95. The van der Waals surface area contributed by atoms with Gasteiger partial charge in [-0.15, -0.1) is 0 Å². The lowest BCUT2D eigenvalue weighted by atomic mass is 10.0. The fraction of sp³-hybridized carbons (Fsp3) is 0.400. The molecule has 0 fully saturated rings. The molecule has 0 saturated carbocycles. The Morgan fingerprint density at radius 1 is 1.62 bits per heavy atom. The van der Waals surface area contributed by atoms with E-state index in [1.54, 1.807) is 12.3 Å². The van der Waals surface area contributed by atoms with Gasteiger partial charge in [0, 0.05) is 6.20 Å². The summed E-state index contributed by atoms with van der Waals surface area (Å²) >= 11 is 0. The standard InChI is InChI=1S/C10H14N2O/c1-3-7(2)8-4-5-9(10(11)13)12-6-8/h4-7H,3H2,1-2H3,(H2,11,13). The molecule has 1 aromatic heterocycles. The van der Waals surface area contributed by atoms with Gasteiger partial charge in [-0.05, 0) is 24.0 Å². The summed E-state index contributed by atoms with van der Waals surface area (Å²) in [5, 5.41) is 0. The molecule has 0 aliphatic rings. The first-order chi connectivity index (χ1) is 6.15. The number of amides is 1. The van der Waals surface area contributed by atoms with Crippen molar-refractivity contribution in [3.8, 4) is 0 Å². The molecule has 0 aliphatic heterocycles. The normalized spacial score (nSPS) is 12.5. The zero-order chi connectivity index (χ0) is 9.84. The smallest absolute Gasteiger partial charge is 0.267 e. The van der Waals surface area contributed by atoms with E-state index >= 15 is 0 Å². The summed E-state index contributed by atoms with van der Waals surface area (Å²) in [5.74, 6) is 0.00475. The number of rotatable bonds is 3. The zero-order valence-electron chi connectivity index (χ0n) is 7.95. The van der Waals surface area contributed by atoms with Crippen LogP contribution in [0.25, 0.3) is 0 Å². The van der Waals surface area contributed by atoms with Crippen molar-refractivity contribution < 1.29 is 4.79 Å². The highest BCUT2D eigenvalue weighted by Crippen LogP contribution is 2.16. The molecule has 3 nitrogen and oxygen atoms in total. The maximum Gasteiger partial charge on any atom is 0.267 e. The average Bonchev–Trinajstić information content (AvgIpc) is 2.17. The molecule has 1 aromatic rings. The Hall–Kier alpha value is -1.38. The molecule has 70 valence electrons. The van der Waals surface area contributed by atoms with E-state index < -0.39 is 5.91 Å². The molecule has 0 saturated heterocycles. The number of hydrogen-bond donors (Lipinski definition) is 1. The molecule has 1 atom stereocenters. The molecule has 0 bridgehead atoms. The van der Waals surface area contributed by atoms with Gasteiger partial charge in [-0.2, -0.15) is 0 Å². The minimum atomic E-state index is -0.476. The van der Waals surface area contributed by atoms with E-state index in [4.69, 9.17) is 5.73 Å². The van der Waals surface area contributed by atoms with Crippen molar-refractivity contribution in [2.24, 2.45) is 5.73 Å². The van der Waals surface area contributed by atoms with E-state index in [1.807, 2.05) is 6.07 Å². The second-order valence-electron chi connectivity index (χ2n) is 3.15. The summed E-state index contributed by atoms with van der Waals surface area (Å²) in [6.45, 7) is 4.24. The molecule has 1 amide bonds. The molecule has 0 spiro atoms. The van der Waals surface area contributed by atoms with Gasteiger partial charge in [0.05, 0.1) is 0 Å². The Bertz CT molecular complexity index is 292. The third kappa shape index (κ3) is 2.28. The van der Waals surface area contributed by atoms with Crippen LogP contribution in [0.4, 0.5) is 0 Å². The Morgan fingerprint density at radius 3 is 2.69 bits per heavy atom. The molecular formula is C10H14N2O. The van der Waals surface area contributed by atoms with Gasteiger partial charge in [-0.1, -0.05) is 19.9 Å². The van der Waals surface area contributed by atoms with Crippen molar-refractivity contribution in [3.63, 3.8) is 0 Å². The fourth-order valence-corrected chi connectivity index (χ4v) is 1.08. The lowest BCUT2D eigenvalue weighted by Gasteiger charge is -2.07. The molecule has 0 radical (unpaired) electrons. The number of pyridine rings is 1. The Kier molecular flexibility index (Phi) is 3.01. The van der Waals surface area contributed by atoms with E-state index in [-0.39, 0.29) is 0 Å². The van der Waals surface area contributed by atoms with Crippen molar-refractivity contribution in [3.05, 3.63) is 29.6 Å². The Labute approximate surface area is 78.0 Å². The molecule has 3 heteroatoms. The summed E-state index contributed by atoms with van der Waals surface area (Å²) < 4.78 is 0. The number of hydrogen-bond acceptors (Lipinski definition) is 2. The predicted octanol–water partition coefficient (Wildman–Crippen LogP) is 1.69. The summed E-state index contributed by atoms with van der Waals surface area (Å²) in [4.78, 5) is 14.7. The monoisotopic (exact) mass is 178 g/mol. The molecule has 1 heterocycles. The van der Waals surface area contributed by atoms with E-state index in [2.05, 4.69) is 18.8 Å². The summed E-state index contributed by atoms with van der Waals surface area (Å²) in [7, 11) is 0. The largest absolute Gasteiger partial charge is 0.364 e. The lowest BCUT2D eigenvalue weighted by molar-refractivity contribution is 0.0995. The Morgan fingerprint density at radius 2 is 2.31 bits per heavy atom. The van der Waals surface area contributed by atoms with Gasteiger partial charge in [-0.3, -0.25) is 9.78 Å². The molecule has 0 aromatic carbocycles. The molecule has 1 rings (SSSR count). The molecule has 2 N–H and O–H groups in total. The number of nitrogens with two attached hydrogens (primary N) is 1. The summed E-state index contributed by atoms with van der Waals surface area (Å²) in [5.41, 5.74) is 6.54. The van der Waals surface area contributed by atoms with Crippen LogP contribution in [0.1, 0.15) is 42.2 Å². The number of carbonyl (C=O) groups excluding carboxylic acids is 1. The maximum absolute atomic E-state index is 10.7. The van der Waals surface area contributed by atoms with E-state index in [9.17, 15) is 4.79 Å². The van der Waals surface area contributed by atoms with Crippen molar-refractivity contribution >= 4 is 5.91 Å². The summed E-state index contributed by atoms with van der Waals surface area (Å²) in [6.07, 6.45) is 2.78. The second kappa shape index (κ2) is 4.03. The van der Waals surface area contributed by atoms with E-state index in [0.717, 1.165) is 12.0 Å². The van der Waals surface area contributed by atoms with Gasteiger partial charge < -0.3 is 5.73 Å². The number of carbonyl (C=O) groups is 1. The molecule has 0 aliphatic carbocycles. The van der Waals surface area contributed by atoms with Gasteiger partial charge >= 0.3 is 0 Å². The minimum absolute atomic E-state index is 0.326. The molecule has 1 unspecified atom stereocenters. The van der Waals surface area contributed by atoms with Crippen LogP contribution in [0.2, 0.25) is 0 Å². The van der Waals surface area contributed by atoms with Crippen LogP contribution in [0, 0.1) is 0 Å². The first kappa shape index (κ1) is 9.71. The van der Waals surface area contributed by atoms with Gasteiger partial charge in [-0.25, -0.2) is 0 Å². The Balaban J connectivity index is 2.87. The van der Waals surface area contributed by atoms with Crippen molar-refractivity contribution in [1.82, 2.24) is 4.98 Å². The van der Waals surface area contributed by atoms with Crippen molar-refractivity contribution in [2.45, 2.75) is 26.2 Å². The highest BCUT2D eigenvalue weighted by molar-refractivity contribution is 5.90. The third-order valence-electron chi connectivity index (χ3n) is 2.22. The lowest BCUT2D eigenvalue weighted by Crippen LogP contribution is -2.12. The number of aromatic nitrogens is 1. The van der Waals surface area contributed by atoms with Gasteiger partial charge in [0.15, 0.2) is 0 Å². The van der Waals surface area contributed by atoms with E-state index in [0.29, 0.717) is 11.6 Å². The highest BCUT2D eigenvalue weighted by atomic mass is 16.1. The predicted molar refractivity (Wildman–Crippen MR) is 51.5 cm³/mol. The van der Waals surface area contributed by atoms with Crippen LogP contribution in [-0.4, -0.2) is 10.9 Å². The molecular weight excluding hydrogens is 164 g/mol. The first-order valence-electron chi connectivity index (χ1n) is 4.41. The highest BCUT2D eigenvalue weighted by Gasteiger charge is 2.05. The van der Waals surface area contributed by atoms with Crippen LogP contribution < -0.4 is 5.73 Å². The van der Waals surface area contributed by atoms with Crippen molar-refractivity contribution in [2.75, 3.05) is 0 Å². The number of primary amides is 1.